The number of carboxylic acids is 1. The quantitative estimate of drug-likeness (QED) is 0.350. The molecule has 2 aliphatic rings. The van der Waals surface area contributed by atoms with Crippen LogP contribution in [0.4, 0.5) is 10.1 Å². The summed E-state index contributed by atoms with van der Waals surface area (Å²) in [4.78, 5) is 41.7. The first kappa shape index (κ1) is 29.5. The van der Waals surface area contributed by atoms with E-state index in [0.717, 1.165) is 30.8 Å². The normalized spacial score (nSPS) is 15.6. The first-order chi connectivity index (χ1) is 20.7. The maximum atomic E-state index is 14.4. The smallest absolute Gasteiger partial charge is 0.303 e. The molecule has 0 spiro atoms. The molecular weight excluding hydrogens is 553 g/mol. The molecule has 0 radical (unpaired) electrons. The minimum absolute atomic E-state index is 0.0572. The van der Waals surface area contributed by atoms with Gasteiger partial charge in [-0.05, 0) is 47.9 Å². The van der Waals surface area contributed by atoms with Crippen molar-refractivity contribution in [1.82, 2.24) is 9.80 Å². The fourth-order valence-corrected chi connectivity index (χ4v) is 5.56. The van der Waals surface area contributed by atoms with Crippen molar-refractivity contribution in [2.24, 2.45) is 5.73 Å². The average molecular weight is 586 g/mol. The number of aliphatic carboxylic acids is 1. The van der Waals surface area contributed by atoms with Crippen LogP contribution in [0.5, 0.6) is 5.75 Å². The molecule has 0 bridgehead atoms. The number of halogens is 1. The van der Waals surface area contributed by atoms with E-state index in [2.05, 4.69) is 4.90 Å². The Hall–Kier alpha value is -4.95. The van der Waals surface area contributed by atoms with E-state index in [-0.39, 0.29) is 37.7 Å². The number of carbonyl (C=O) groups excluding carboxylic acids is 2. The highest BCUT2D eigenvalue weighted by Crippen LogP contribution is 2.33. The second-order valence-electron chi connectivity index (χ2n) is 10.7. The Morgan fingerprint density at radius 2 is 1.77 bits per heavy atom. The van der Waals surface area contributed by atoms with Crippen molar-refractivity contribution in [2.75, 3.05) is 31.1 Å². The zero-order chi connectivity index (χ0) is 30.5. The predicted octanol–water partition coefficient (Wildman–Crippen LogP) is 3.27. The van der Waals surface area contributed by atoms with Crippen LogP contribution in [0.3, 0.4) is 0 Å². The fraction of sp³-hybridized carbons (Fsp3) is 0.312. The highest BCUT2D eigenvalue weighted by atomic mass is 19.1. The van der Waals surface area contributed by atoms with Crippen molar-refractivity contribution in [2.45, 2.75) is 38.6 Å². The summed E-state index contributed by atoms with van der Waals surface area (Å²) in [7, 11) is 0. The molecule has 2 aliphatic heterocycles. The Labute approximate surface area is 248 Å². The molecule has 11 heteroatoms. The van der Waals surface area contributed by atoms with Crippen LogP contribution in [0.2, 0.25) is 0 Å². The third-order valence-electron chi connectivity index (χ3n) is 7.90. The summed E-state index contributed by atoms with van der Waals surface area (Å²) in [6.45, 7) is 4.10. The Bertz CT molecular complexity index is 1560. The van der Waals surface area contributed by atoms with Gasteiger partial charge in [0.25, 0.3) is 5.91 Å². The van der Waals surface area contributed by atoms with E-state index in [4.69, 9.17) is 20.8 Å². The molecule has 3 aromatic rings. The lowest BCUT2D eigenvalue weighted by Gasteiger charge is -2.36. The zero-order valence-corrected chi connectivity index (χ0v) is 23.5. The van der Waals surface area contributed by atoms with Crippen LogP contribution in [-0.4, -0.2) is 64.9 Å². The summed E-state index contributed by atoms with van der Waals surface area (Å²) < 4.78 is 20.5. The Morgan fingerprint density at radius 3 is 2.42 bits per heavy atom. The summed E-state index contributed by atoms with van der Waals surface area (Å²) in [6.07, 6.45) is -0.333. The SMILES string of the molecule is N#Cc1ccc(N2CCN(Cc3ccc(COc4cccc5c4CN([C@@H](CCC(=O)O)C(N)=O)C5=O)cc3)CC2)c(F)c1. The molecule has 0 aromatic heterocycles. The second kappa shape index (κ2) is 12.9. The van der Waals surface area contributed by atoms with Crippen LogP contribution >= 0.6 is 0 Å². The number of amides is 2. The zero-order valence-electron chi connectivity index (χ0n) is 23.5. The first-order valence-electron chi connectivity index (χ1n) is 14.0. The third-order valence-corrected chi connectivity index (χ3v) is 7.90. The van der Waals surface area contributed by atoms with Gasteiger partial charge < -0.3 is 25.4 Å². The number of nitrogens with two attached hydrogens (primary N) is 1. The molecule has 10 nitrogen and oxygen atoms in total. The molecule has 5 rings (SSSR count). The topological polar surface area (TPSA) is 140 Å². The van der Waals surface area contributed by atoms with Crippen molar-refractivity contribution in [3.05, 3.63) is 94.3 Å². The number of rotatable bonds is 11. The van der Waals surface area contributed by atoms with Gasteiger partial charge in [0.15, 0.2) is 0 Å². The molecule has 43 heavy (non-hydrogen) atoms. The molecule has 3 aromatic carbocycles. The lowest BCUT2D eigenvalue weighted by Crippen LogP contribution is -2.46. The summed E-state index contributed by atoms with van der Waals surface area (Å²) >= 11 is 0. The van der Waals surface area contributed by atoms with Gasteiger partial charge in [0.2, 0.25) is 5.91 Å². The van der Waals surface area contributed by atoms with E-state index in [1.54, 1.807) is 30.3 Å². The largest absolute Gasteiger partial charge is 0.489 e. The molecule has 0 unspecified atom stereocenters. The molecule has 3 N–H and O–H groups in total. The number of hydrogen-bond acceptors (Lipinski definition) is 7. The van der Waals surface area contributed by atoms with Gasteiger partial charge >= 0.3 is 5.97 Å². The summed E-state index contributed by atoms with van der Waals surface area (Å²) in [5.74, 6) is -2.03. The van der Waals surface area contributed by atoms with Gasteiger partial charge in [0, 0.05) is 50.3 Å². The average Bonchev–Trinajstić information content (AvgIpc) is 3.33. The number of carboxylic acid groups (broad SMARTS) is 1. The van der Waals surface area contributed by atoms with Crippen LogP contribution in [0.25, 0.3) is 0 Å². The molecule has 0 saturated carbocycles. The van der Waals surface area contributed by atoms with E-state index in [9.17, 15) is 18.8 Å². The second-order valence-corrected chi connectivity index (χ2v) is 10.7. The minimum atomic E-state index is -1.07. The maximum absolute atomic E-state index is 14.4. The lowest BCUT2D eigenvalue weighted by molar-refractivity contribution is -0.137. The lowest BCUT2D eigenvalue weighted by atomic mass is 10.1. The predicted molar refractivity (Wildman–Crippen MR) is 156 cm³/mol. The maximum Gasteiger partial charge on any atom is 0.303 e. The van der Waals surface area contributed by atoms with E-state index in [1.165, 1.54) is 11.0 Å². The highest BCUT2D eigenvalue weighted by Gasteiger charge is 2.37. The van der Waals surface area contributed by atoms with Crippen LogP contribution in [0.1, 0.15) is 45.5 Å². The number of nitriles is 1. The van der Waals surface area contributed by atoms with E-state index in [1.807, 2.05) is 35.2 Å². The Balaban J connectivity index is 1.15. The van der Waals surface area contributed by atoms with Gasteiger partial charge in [0.1, 0.15) is 24.2 Å². The number of fused-ring (bicyclic) bond motifs is 1. The highest BCUT2D eigenvalue weighted by molar-refractivity contribution is 6.01. The van der Waals surface area contributed by atoms with E-state index >= 15 is 0 Å². The number of anilines is 1. The number of nitrogens with zero attached hydrogens (tertiary/aromatic N) is 4. The van der Waals surface area contributed by atoms with Crippen LogP contribution in [0.15, 0.2) is 60.7 Å². The van der Waals surface area contributed by atoms with Crippen molar-refractivity contribution >= 4 is 23.5 Å². The molecule has 2 amide bonds. The van der Waals surface area contributed by atoms with Crippen molar-refractivity contribution < 1.29 is 28.6 Å². The Morgan fingerprint density at radius 1 is 1.05 bits per heavy atom. The number of carbonyl (C=O) groups is 3. The summed E-state index contributed by atoms with van der Waals surface area (Å²) in [6, 6.07) is 18.8. The van der Waals surface area contributed by atoms with Crippen molar-refractivity contribution in [3.8, 4) is 11.8 Å². The monoisotopic (exact) mass is 585 g/mol. The van der Waals surface area contributed by atoms with Crippen LogP contribution in [0, 0.1) is 17.1 Å². The van der Waals surface area contributed by atoms with Crippen LogP contribution < -0.4 is 15.4 Å². The van der Waals surface area contributed by atoms with Gasteiger partial charge in [-0.25, -0.2) is 4.39 Å². The van der Waals surface area contributed by atoms with E-state index < -0.39 is 17.9 Å². The molecule has 1 atom stereocenters. The van der Waals surface area contributed by atoms with E-state index in [0.29, 0.717) is 41.2 Å². The molecule has 1 fully saturated rings. The number of hydrogen-bond donors (Lipinski definition) is 2. The number of benzene rings is 3. The molecule has 2 heterocycles. The van der Waals surface area contributed by atoms with Crippen molar-refractivity contribution in [3.63, 3.8) is 0 Å². The molecule has 1 saturated heterocycles. The summed E-state index contributed by atoms with van der Waals surface area (Å²) in [5.41, 5.74) is 9.48. The van der Waals surface area contributed by atoms with Crippen molar-refractivity contribution in [1.29, 1.82) is 5.26 Å². The third kappa shape index (κ3) is 6.76. The molecule has 222 valence electrons. The summed E-state index contributed by atoms with van der Waals surface area (Å²) in [5, 5.41) is 18.0. The van der Waals surface area contributed by atoms with Gasteiger partial charge in [-0.3, -0.25) is 19.3 Å². The Kier molecular flexibility index (Phi) is 8.87. The standard InChI is InChI=1S/C32H32FN5O5/c33-26-16-23(17-34)8-9-27(26)37-14-12-36(13-15-37)18-21-4-6-22(7-5-21)20-43-29-3-1-2-24-25(29)19-38(32(24)42)28(31(35)41)10-11-30(39)40/h1-9,16,28H,10-15,18-20H2,(H2,35,41)(H,39,40)/t28-/m0/s1. The number of piperazine rings is 1. The number of primary amides is 1. The molecular formula is C32H32FN5O5. The van der Waals surface area contributed by atoms with Gasteiger partial charge in [0.05, 0.1) is 23.9 Å². The minimum Gasteiger partial charge on any atom is -0.489 e. The molecule has 0 aliphatic carbocycles. The van der Waals surface area contributed by atoms with Gasteiger partial charge in [-0.2, -0.15) is 5.26 Å². The van der Waals surface area contributed by atoms with Gasteiger partial charge in [-0.1, -0.05) is 30.3 Å². The fourth-order valence-electron chi connectivity index (χ4n) is 5.56. The first-order valence-corrected chi connectivity index (χ1v) is 14.0. The van der Waals surface area contributed by atoms with Gasteiger partial charge in [-0.15, -0.1) is 0 Å². The van der Waals surface area contributed by atoms with Crippen LogP contribution in [-0.2, 0) is 29.3 Å². The number of ether oxygens (including phenoxy) is 1.